The summed E-state index contributed by atoms with van der Waals surface area (Å²) in [5.41, 5.74) is 1.40. The van der Waals surface area contributed by atoms with Gasteiger partial charge in [0, 0.05) is 37.1 Å². The van der Waals surface area contributed by atoms with Gasteiger partial charge in [0.25, 0.3) is 0 Å². The van der Waals surface area contributed by atoms with Crippen LogP contribution in [0.15, 0.2) is 42.0 Å². The van der Waals surface area contributed by atoms with Gasteiger partial charge in [0.1, 0.15) is 18.5 Å². The molecule has 0 saturated carbocycles. The molecule has 0 radical (unpaired) electrons. The van der Waals surface area contributed by atoms with Crippen molar-refractivity contribution in [2.24, 2.45) is 0 Å². The molecule has 3 rings (SSSR count). The van der Waals surface area contributed by atoms with Crippen molar-refractivity contribution in [3.05, 3.63) is 66.7 Å². The molecule has 9 nitrogen and oxygen atoms in total. The molecule has 1 aliphatic rings. The van der Waals surface area contributed by atoms with Crippen molar-refractivity contribution in [2.45, 2.75) is 76.7 Å². The van der Waals surface area contributed by atoms with E-state index in [1.165, 1.54) is 19.3 Å². The Balaban J connectivity index is 2.01. The first-order chi connectivity index (χ1) is 21.1. The van der Waals surface area contributed by atoms with Crippen LogP contribution < -0.4 is 14.8 Å². The summed E-state index contributed by atoms with van der Waals surface area (Å²) in [5, 5.41) is 24.4. The number of rotatable bonds is 16. The molecule has 44 heavy (non-hydrogen) atoms. The summed E-state index contributed by atoms with van der Waals surface area (Å²) in [5.74, 6) is -0.0456. The van der Waals surface area contributed by atoms with E-state index in [0.29, 0.717) is 43.0 Å². The maximum atomic E-state index is 13.8. The number of halogens is 3. The van der Waals surface area contributed by atoms with Crippen molar-refractivity contribution in [3.63, 3.8) is 0 Å². The minimum atomic E-state index is -1.23. The van der Waals surface area contributed by atoms with Gasteiger partial charge in [-0.1, -0.05) is 61.9 Å². The molecule has 1 aliphatic carbocycles. The normalized spacial score (nSPS) is 17.9. The van der Waals surface area contributed by atoms with Gasteiger partial charge >= 0.3 is 0 Å². The van der Waals surface area contributed by atoms with Crippen LogP contribution in [0.25, 0.3) is 0 Å². The largest absolute Gasteiger partial charge is 0.493 e. The first kappa shape index (κ1) is 36.1. The maximum Gasteiger partial charge on any atom is 0.247 e. The minimum Gasteiger partial charge on any atom is -0.493 e. The van der Waals surface area contributed by atoms with E-state index in [1.807, 2.05) is 22.6 Å². The van der Waals surface area contributed by atoms with Gasteiger partial charge in [-0.25, -0.2) is 0 Å². The van der Waals surface area contributed by atoms with E-state index in [-0.39, 0.29) is 49.9 Å². The second-order valence-corrected chi connectivity index (χ2v) is 12.6. The number of aliphatic hydroxyl groups is 2. The molecule has 0 spiro atoms. The fraction of sp³-hybridized carbons (Fsp3) is 0.469. The topological polar surface area (TPSA) is 125 Å². The molecular weight excluding hydrogens is 722 g/mol. The fourth-order valence-corrected chi connectivity index (χ4v) is 6.16. The van der Waals surface area contributed by atoms with Gasteiger partial charge in [-0.2, -0.15) is 0 Å². The van der Waals surface area contributed by atoms with Gasteiger partial charge in [0.2, 0.25) is 11.8 Å². The number of carbonyl (C=O) groups is 3. The van der Waals surface area contributed by atoms with Gasteiger partial charge in [-0.15, -0.1) is 0 Å². The molecule has 0 heterocycles. The van der Waals surface area contributed by atoms with Crippen molar-refractivity contribution in [2.75, 3.05) is 20.3 Å². The third-order valence-electron chi connectivity index (χ3n) is 7.41. The Morgan fingerprint density at radius 3 is 2.55 bits per heavy atom. The molecule has 0 aromatic heterocycles. The summed E-state index contributed by atoms with van der Waals surface area (Å²) in [4.78, 5) is 40.0. The zero-order valence-electron chi connectivity index (χ0n) is 24.9. The lowest BCUT2D eigenvalue weighted by Gasteiger charge is -2.41. The molecular formula is C32H39Cl2IN2O7. The van der Waals surface area contributed by atoms with E-state index in [0.717, 1.165) is 25.7 Å². The molecule has 12 heteroatoms. The van der Waals surface area contributed by atoms with E-state index in [1.54, 1.807) is 29.2 Å². The summed E-state index contributed by atoms with van der Waals surface area (Å²) in [7, 11) is 1.44. The molecule has 0 aliphatic heterocycles. The summed E-state index contributed by atoms with van der Waals surface area (Å²) in [6.07, 6.45) is 5.07. The number of hydrogen-bond acceptors (Lipinski definition) is 7. The molecule has 2 aromatic carbocycles. The summed E-state index contributed by atoms with van der Waals surface area (Å²) in [6.45, 7) is 2.04. The molecule has 2 amide bonds. The number of unbranched alkanes of at least 4 members (excludes halogenated alkanes) is 4. The SMILES string of the molecule is CCCCCCCC(=O)N(Cc1ccc(Cl)c(Cl)c1)[C@@H]1CC(C(=O)NCCO)=C[C@H](Oc2c(I)cc(C=O)cc2OC)[C@H]1O. The zero-order chi connectivity index (χ0) is 32.2. The van der Waals surface area contributed by atoms with Gasteiger partial charge in [0.05, 0.1) is 33.4 Å². The fourth-order valence-electron chi connectivity index (χ4n) is 5.09. The van der Waals surface area contributed by atoms with Crippen molar-refractivity contribution < 1.29 is 34.1 Å². The number of methoxy groups -OCH3 is 1. The van der Waals surface area contributed by atoms with E-state index in [4.69, 9.17) is 32.7 Å². The summed E-state index contributed by atoms with van der Waals surface area (Å²) >= 11 is 14.4. The Bertz CT molecular complexity index is 1340. The lowest BCUT2D eigenvalue weighted by molar-refractivity contribution is -0.139. The minimum absolute atomic E-state index is 0.0392. The summed E-state index contributed by atoms with van der Waals surface area (Å²) in [6, 6.07) is 7.41. The smallest absolute Gasteiger partial charge is 0.247 e. The number of aldehydes is 1. The van der Waals surface area contributed by atoms with Gasteiger partial charge < -0.3 is 29.9 Å². The summed E-state index contributed by atoms with van der Waals surface area (Å²) < 4.78 is 12.3. The lowest BCUT2D eigenvalue weighted by Crippen LogP contribution is -2.54. The van der Waals surface area contributed by atoms with Crippen molar-refractivity contribution in [1.29, 1.82) is 0 Å². The van der Waals surface area contributed by atoms with Crippen molar-refractivity contribution in [3.8, 4) is 11.5 Å². The highest BCUT2D eigenvalue weighted by Crippen LogP contribution is 2.37. The number of benzene rings is 2. The van der Waals surface area contributed by atoms with Crippen LogP contribution in [0.4, 0.5) is 0 Å². The van der Waals surface area contributed by atoms with Crippen LogP contribution >= 0.6 is 45.8 Å². The number of aliphatic hydroxyl groups excluding tert-OH is 2. The first-order valence-corrected chi connectivity index (χ1v) is 16.5. The lowest BCUT2D eigenvalue weighted by atomic mass is 9.87. The van der Waals surface area contributed by atoms with Gasteiger partial charge in [-0.3, -0.25) is 14.4 Å². The molecule has 2 aromatic rings. The zero-order valence-corrected chi connectivity index (χ0v) is 28.5. The third-order valence-corrected chi connectivity index (χ3v) is 8.95. The standard InChI is InChI=1S/C32H39Cl2IN2O7/c1-3-4-5-6-7-8-29(40)37(18-20-9-10-23(33)24(34)13-20)26-16-22(32(42)36-11-12-38)17-27(30(26)41)44-31-25(35)14-21(19-39)15-28(31)43-2/h9-10,13-15,17,19,26-27,30,38,41H,3-8,11-12,16,18H2,1-2H3,(H,36,42)/t26-,27+,30+/m1/s1. The second kappa shape index (κ2) is 17.9. The molecule has 0 bridgehead atoms. The van der Waals surface area contributed by atoms with Crippen LogP contribution in [0.1, 0.15) is 67.8 Å². The molecule has 3 N–H and O–H groups in total. The van der Waals surface area contributed by atoms with E-state index >= 15 is 0 Å². The van der Waals surface area contributed by atoms with Crippen LogP contribution in [-0.2, 0) is 16.1 Å². The quantitative estimate of drug-likeness (QED) is 0.114. The number of ether oxygens (including phenoxy) is 2. The highest BCUT2D eigenvalue weighted by Gasteiger charge is 2.41. The third kappa shape index (κ3) is 9.81. The Hall–Kier alpha value is -2.38. The average Bonchev–Trinajstić information content (AvgIpc) is 3.01. The van der Waals surface area contributed by atoms with Crippen LogP contribution in [0.5, 0.6) is 11.5 Å². The number of nitrogens with zero attached hydrogens (tertiary/aromatic N) is 1. The van der Waals surface area contributed by atoms with Crippen LogP contribution in [0, 0.1) is 3.57 Å². The highest BCUT2D eigenvalue weighted by atomic mass is 127. The highest BCUT2D eigenvalue weighted by molar-refractivity contribution is 14.1. The van der Waals surface area contributed by atoms with E-state index < -0.39 is 24.2 Å². The Kier molecular flexibility index (Phi) is 14.7. The second-order valence-electron chi connectivity index (χ2n) is 10.6. The van der Waals surface area contributed by atoms with Crippen LogP contribution in [0.3, 0.4) is 0 Å². The van der Waals surface area contributed by atoms with E-state index in [9.17, 15) is 24.6 Å². The number of nitrogens with one attached hydrogen (secondary N) is 1. The Morgan fingerprint density at radius 2 is 1.89 bits per heavy atom. The monoisotopic (exact) mass is 760 g/mol. The van der Waals surface area contributed by atoms with Crippen LogP contribution in [-0.4, -0.2) is 71.7 Å². The Morgan fingerprint density at radius 1 is 1.14 bits per heavy atom. The first-order valence-electron chi connectivity index (χ1n) is 14.6. The van der Waals surface area contributed by atoms with Crippen LogP contribution in [0.2, 0.25) is 10.0 Å². The van der Waals surface area contributed by atoms with Crippen molar-refractivity contribution in [1.82, 2.24) is 10.2 Å². The molecule has 240 valence electrons. The maximum absolute atomic E-state index is 13.8. The average molecular weight is 761 g/mol. The Labute approximate surface area is 282 Å². The van der Waals surface area contributed by atoms with Gasteiger partial charge in [-0.05, 0) is 64.9 Å². The van der Waals surface area contributed by atoms with Crippen molar-refractivity contribution >= 4 is 63.9 Å². The molecule has 3 atom stereocenters. The predicted octanol–water partition coefficient (Wildman–Crippen LogP) is 5.72. The molecule has 0 saturated heterocycles. The molecule has 0 unspecified atom stereocenters. The predicted molar refractivity (Wildman–Crippen MR) is 178 cm³/mol. The van der Waals surface area contributed by atoms with Gasteiger partial charge in [0.15, 0.2) is 11.5 Å². The van der Waals surface area contributed by atoms with E-state index in [2.05, 4.69) is 12.2 Å². The molecule has 0 fully saturated rings. The number of carbonyl (C=O) groups excluding carboxylic acids is 3. The number of hydrogen-bond donors (Lipinski definition) is 3. The number of amides is 2.